The number of alkyl halides is 1. The Kier molecular flexibility index (Phi) is 3.99. The van der Waals surface area contributed by atoms with E-state index in [1.165, 1.54) is 6.20 Å². The van der Waals surface area contributed by atoms with Gasteiger partial charge in [-0.15, -0.1) is 11.6 Å². The van der Waals surface area contributed by atoms with Crippen LogP contribution in [0, 0.1) is 5.92 Å². The van der Waals surface area contributed by atoms with E-state index in [0.717, 1.165) is 12.8 Å². The minimum atomic E-state index is -3.50. The van der Waals surface area contributed by atoms with E-state index in [-0.39, 0.29) is 16.9 Å². The number of nitrogens with one attached hydrogen (secondary N) is 1. The molecule has 2 heterocycles. The van der Waals surface area contributed by atoms with E-state index in [0.29, 0.717) is 18.0 Å². The molecule has 0 saturated carbocycles. The number of H-pyrrole nitrogens is 1. The largest absolute Gasteiger partial charge is 0.266 e. The molecule has 1 saturated heterocycles. The Bertz CT molecular complexity index is 512. The molecule has 5 nitrogen and oxygen atoms in total. The highest BCUT2D eigenvalue weighted by Crippen LogP contribution is 2.30. The molecule has 1 aromatic heterocycles. The van der Waals surface area contributed by atoms with Gasteiger partial charge in [-0.05, 0) is 18.8 Å². The Morgan fingerprint density at radius 3 is 2.94 bits per heavy atom. The summed E-state index contributed by atoms with van der Waals surface area (Å²) in [6, 6.07) is 0.0708. The van der Waals surface area contributed by atoms with Crippen LogP contribution in [0.1, 0.15) is 32.3 Å². The fourth-order valence-corrected chi connectivity index (χ4v) is 4.68. The number of aromatic nitrogens is 2. The lowest BCUT2D eigenvalue weighted by atomic mass is 10.0. The van der Waals surface area contributed by atoms with Gasteiger partial charge in [-0.2, -0.15) is 9.40 Å². The molecule has 0 aromatic carbocycles. The monoisotopic (exact) mass is 291 g/mol. The summed E-state index contributed by atoms with van der Waals surface area (Å²) in [6.07, 6.45) is 3.30. The Labute approximate surface area is 113 Å². The lowest BCUT2D eigenvalue weighted by molar-refractivity contribution is 0.314. The Balaban J connectivity index is 2.37. The summed E-state index contributed by atoms with van der Waals surface area (Å²) in [7, 11) is -3.50. The maximum absolute atomic E-state index is 12.6. The molecule has 0 bridgehead atoms. The number of sulfonamides is 1. The second-order valence-corrected chi connectivity index (χ2v) is 7.02. The van der Waals surface area contributed by atoms with Crippen LogP contribution in [0.25, 0.3) is 0 Å². The van der Waals surface area contributed by atoms with Gasteiger partial charge in [0.15, 0.2) is 5.03 Å². The van der Waals surface area contributed by atoms with Crippen LogP contribution in [-0.2, 0) is 15.9 Å². The summed E-state index contributed by atoms with van der Waals surface area (Å²) in [5, 5.41) is 6.50. The van der Waals surface area contributed by atoms with E-state index in [2.05, 4.69) is 10.2 Å². The van der Waals surface area contributed by atoms with Crippen molar-refractivity contribution in [3.63, 3.8) is 0 Å². The van der Waals surface area contributed by atoms with E-state index < -0.39 is 10.0 Å². The fourth-order valence-electron chi connectivity index (χ4n) is 2.47. The minimum Gasteiger partial charge on any atom is -0.266 e. The summed E-state index contributed by atoms with van der Waals surface area (Å²) in [5.41, 5.74) is 0.533. The number of halogens is 1. The van der Waals surface area contributed by atoms with Gasteiger partial charge in [0.2, 0.25) is 0 Å². The summed E-state index contributed by atoms with van der Waals surface area (Å²) >= 11 is 5.74. The van der Waals surface area contributed by atoms with Gasteiger partial charge in [0, 0.05) is 18.2 Å². The molecule has 1 atom stereocenters. The van der Waals surface area contributed by atoms with Crippen LogP contribution in [-0.4, -0.2) is 35.5 Å². The van der Waals surface area contributed by atoms with E-state index in [1.807, 2.05) is 13.8 Å². The van der Waals surface area contributed by atoms with E-state index >= 15 is 0 Å². The van der Waals surface area contributed by atoms with Crippen molar-refractivity contribution in [1.29, 1.82) is 0 Å². The number of aromatic amines is 1. The first-order valence-corrected chi connectivity index (χ1v) is 8.06. The third-order valence-electron chi connectivity index (χ3n) is 3.41. The highest BCUT2D eigenvalue weighted by Gasteiger charge is 2.38. The molecule has 1 aliphatic rings. The molecule has 0 aliphatic carbocycles. The van der Waals surface area contributed by atoms with E-state index in [9.17, 15) is 8.42 Å². The molecule has 102 valence electrons. The topological polar surface area (TPSA) is 66.1 Å². The predicted octanol–water partition coefficient (Wildman–Crippen LogP) is 1.96. The van der Waals surface area contributed by atoms with Gasteiger partial charge in [-0.3, -0.25) is 5.10 Å². The molecule has 0 radical (unpaired) electrons. The average molecular weight is 292 g/mol. The molecule has 0 amide bonds. The van der Waals surface area contributed by atoms with Gasteiger partial charge >= 0.3 is 0 Å². The van der Waals surface area contributed by atoms with Crippen molar-refractivity contribution >= 4 is 21.6 Å². The van der Waals surface area contributed by atoms with Crippen molar-refractivity contribution in [3.8, 4) is 0 Å². The first kappa shape index (κ1) is 13.8. The maximum atomic E-state index is 12.6. The van der Waals surface area contributed by atoms with Crippen molar-refractivity contribution in [3.05, 3.63) is 11.8 Å². The molecule has 0 spiro atoms. The second-order valence-electron chi connectivity index (χ2n) is 4.93. The number of nitrogens with zero attached hydrogens (tertiary/aromatic N) is 2. The molecule has 1 N–H and O–H groups in total. The summed E-state index contributed by atoms with van der Waals surface area (Å²) in [4.78, 5) is 0. The Morgan fingerprint density at radius 1 is 1.61 bits per heavy atom. The Hall–Kier alpha value is -0.590. The van der Waals surface area contributed by atoms with Crippen LogP contribution < -0.4 is 0 Å². The quantitative estimate of drug-likeness (QED) is 0.862. The molecule has 7 heteroatoms. The number of rotatable bonds is 4. The van der Waals surface area contributed by atoms with Crippen molar-refractivity contribution in [2.75, 3.05) is 6.54 Å². The van der Waals surface area contributed by atoms with Gasteiger partial charge in [0.05, 0.1) is 12.1 Å². The zero-order chi connectivity index (χ0) is 13.3. The average Bonchev–Trinajstić information content (AvgIpc) is 2.98. The van der Waals surface area contributed by atoms with Crippen LogP contribution in [0.3, 0.4) is 0 Å². The van der Waals surface area contributed by atoms with Crippen molar-refractivity contribution in [2.45, 2.75) is 43.6 Å². The molecule has 1 aliphatic heterocycles. The third kappa shape index (κ3) is 2.29. The SMILES string of the molecule is CC(C)C1CCCN1S(=O)(=O)c1[nH]ncc1CCl. The molecular formula is C11H18ClN3O2S. The van der Waals surface area contributed by atoms with Crippen LogP contribution in [0.15, 0.2) is 11.2 Å². The molecular weight excluding hydrogens is 274 g/mol. The molecule has 1 unspecified atom stereocenters. The first-order chi connectivity index (χ1) is 8.48. The lowest BCUT2D eigenvalue weighted by Gasteiger charge is -2.26. The summed E-state index contributed by atoms with van der Waals surface area (Å²) in [6.45, 7) is 4.67. The van der Waals surface area contributed by atoms with Crippen LogP contribution in [0.2, 0.25) is 0 Å². The van der Waals surface area contributed by atoms with Crippen molar-refractivity contribution < 1.29 is 8.42 Å². The third-order valence-corrected chi connectivity index (χ3v) is 5.63. The molecule has 1 fully saturated rings. The molecule has 18 heavy (non-hydrogen) atoms. The summed E-state index contributed by atoms with van der Waals surface area (Å²) in [5.74, 6) is 0.454. The lowest BCUT2D eigenvalue weighted by Crippen LogP contribution is -2.38. The maximum Gasteiger partial charge on any atom is 0.260 e. The van der Waals surface area contributed by atoms with Gasteiger partial charge in [-0.25, -0.2) is 8.42 Å². The highest BCUT2D eigenvalue weighted by atomic mass is 35.5. The van der Waals surface area contributed by atoms with Crippen molar-refractivity contribution in [1.82, 2.24) is 14.5 Å². The molecule has 2 rings (SSSR count). The fraction of sp³-hybridized carbons (Fsp3) is 0.727. The second kappa shape index (κ2) is 5.19. The first-order valence-electron chi connectivity index (χ1n) is 6.08. The Morgan fingerprint density at radius 2 is 2.33 bits per heavy atom. The minimum absolute atomic E-state index is 0.0708. The van der Waals surface area contributed by atoms with Gasteiger partial charge in [0.1, 0.15) is 0 Å². The van der Waals surface area contributed by atoms with Crippen LogP contribution in [0.4, 0.5) is 0 Å². The summed E-state index contributed by atoms with van der Waals surface area (Å²) < 4.78 is 26.8. The van der Waals surface area contributed by atoms with Gasteiger partial charge < -0.3 is 0 Å². The predicted molar refractivity (Wildman–Crippen MR) is 69.9 cm³/mol. The number of hydrogen-bond acceptors (Lipinski definition) is 3. The van der Waals surface area contributed by atoms with Gasteiger partial charge in [-0.1, -0.05) is 13.8 Å². The zero-order valence-corrected chi connectivity index (χ0v) is 12.1. The van der Waals surface area contributed by atoms with Gasteiger partial charge in [0.25, 0.3) is 10.0 Å². The van der Waals surface area contributed by atoms with Crippen LogP contribution >= 0.6 is 11.6 Å². The zero-order valence-electron chi connectivity index (χ0n) is 10.6. The number of hydrogen-bond donors (Lipinski definition) is 1. The highest BCUT2D eigenvalue weighted by molar-refractivity contribution is 7.89. The normalized spacial score (nSPS) is 21.9. The van der Waals surface area contributed by atoms with Crippen LogP contribution in [0.5, 0.6) is 0 Å². The van der Waals surface area contributed by atoms with E-state index in [1.54, 1.807) is 4.31 Å². The van der Waals surface area contributed by atoms with Crippen molar-refractivity contribution in [2.24, 2.45) is 5.92 Å². The molecule has 1 aromatic rings. The standard InChI is InChI=1S/C11H18ClN3O2S/c1-8(2)10-4-3-5-15(10)18(16,17)11-9(6-12)7-13-14-11/h7-8,10H,3-6H2,1-2H3,(H,13,14). The van der Waals surface area contributed by atoms with E-state index in [4.69, 9.17) is 11.6 Å². The smallest absolute Gasteiger partial charge is 0.260 e.